The number of aromatic nitrogens is 1. The molecule has 0 radical (unpaired) electrons. The molecule has 0 aliphatic rings. The average molecular weight is 297 g/mol. The van der Waals surface area contributed by atoms with E-state index in [4.69, 9.17) is 0 Å². The van der Waals surface area contributed by atoms with Crippen LogP contribution in [0.15, 0.2) is 59.6 Å². The van der Waals surface area contributed by atoms with Crippen LogP contribution >= 0.6 is 11.3 Å². The van der Waals surface area contributed by atoms with Crippen LogP contribution in [0.1, 0.15) is 0 Å². The molecule has 0 amide bonds. The van der Waals surface area contributed by atoms with Crippen molar-refractivity contribution in [3.63, 3.8) is 0 Å². The number of non-ortho nitro benzene ring substituents is 1. The Morgan fingerprint density at radius 3 is 2.76 bits per heavy atom. The van der Waals surface area contributed by atoms with E-state index in [1.54, 1.807) is 35.9 Å². The van der Waals surface area contributed by atoms with Gasteiger partial charge in [0.1, 0.15) is 0 Å². The van der Waals surface area contributed by atoms with Gasteiger partial charge in [-0.3, -0.25) is 15.1 Å². The third-order valence-electron chi connectivity index (χ3n) is 2.94. The lowest BCUT2D eigenvalue weighted by atomic mass is 10.1. The summed E-state index contributed by atoms with van der Waals surface area (Å²) in [6.45, 7) is 0. The normalized spacial score (nSPS) is 10.3. The van der Waals surface area contributed by atoms with Gasteiger partial charge in [0.25, 0.3) is 5.69 Å². The highest BCUT2D eigenvalue weighted by molar-refractivity contribution is 7.08. The Balaban J connectivity index is 1.87. The van der Waals surface area contributed by atoms with Gasteiger partial charge in [-0.05, 0) is 34.5 Å². The molecule has 6 heteroatoms. The molecule has 3 rings (SSSR count). The molecule has 0 saturated heterocycles. The third kappa shape index (κ3) is 3.06. The van der Waals surface area contributed by atoms with Crippen LogP contribution in [0.25, 0.3) is 11.1 Å². The molecule has 0 saturated carbocycles. The summed E-state index contributed by atoms with van der Waals surface area (Å²) in [5.74, 6) is 0. The van der Waals surface area contributed by atoms with Crippen molar-refractivity contribution in [3.8, 4) is 11.1 Å². The van der Waals surface area contributed by atoms with Gasteiger partial charge in [-0.25, -0.2) is 0 Å². The van der Waals surface area contributed by atoms with E-state index in [2.05, 4.69) is 10.3 Å². The third-order valence-corrected chi connectivity index (χ3v) is 3.62. The Morgan fingerprint density at radius 1 is 1.10 bits per heavy atom. The standard InChI is InChI=1S/C15H11N3O2S/c19-18(20)15-3-1-2-13(7-15)17-14-6-12(8-16-9-14)11-4-5-21-10-11/h1-10,17H. The lowest BCUT2D eigenvalue weighted by molar-refractivity contribution is -0.384. The highest BCUT2D eigenvalue weighted by Gasteiger charge is 2.06. The minimum atomic E-state index is -0.411. The lowest BCUT2D eigenvalue weighted by Gasteiger charge is -2.07. The summed E-state index contributed by atoms with van der Waals surface area (Å²) in [6.07, 6.45) is 3.48. The van der Waals surface area contributed by atoms with E-state index in [0.717, 1.165) is 16.8 Å². The summed E-state index contributed by atoms with van der Waals surface area (Å²) in [5, 5.41) is 18.0. The van der Waals surface area contributed by atoms with Crippen molar-refractivity contribution in [2.24, 2.45) is 0 Å². The van der Waals surface area contributed by atoms with Crippen LogP contribution in [0.4, 0.5) is 17.1 Å². The summed E-state index contributed by atoms with van der Waals surface area (Å²) < 4.78 is 0. The van der Waals surface area contributed by atoms with Crippen molar-refractivity contribution < 1.29 is 4.92 Å². The molecular weight excluding hydrogens is 286 g/mol. The van der Waals surface area contributed by atoms with Gasteiger partial charge >= 0.3 is 0 Å². The first-order valence-electron chi connectivity index (χ1n) is 6.21. The quantitative estimate of drug-likeness (QED) is 0.570. The highest BCUT2D eigenvalue weighted by Crippen LogP contribution is 2.26. The molecule has 1 aromatic carbocycles. The smallest absolute Gasteiger partial charge is 0.271 e. The van der Waals surface area contributed by atoms with E-state index in [-0.39, 0.29) is 5.69 Å². The van der Waals surface area contributed by atoms with Crippen LogP contribution in [0.5, 0.6) is 0 Å². The molecule has 3 aromatic rings. The van der Waals surface area contributed by atoms with Crippen molar-refractivity contribution in [2.75, 3.05) is 5.32 Å². The number of rotatable bonds is 4. The minimum Gasteiger partial charge on any atom is -0.354 e. The van der Waals surface area contributed by atoms with E-state index < -0.39 is 4.92 Å². The zero-order chi connectivity index (χ0) is 14.7. The van der Waals surface area contributed by atoms with Crippen LogP contribution in [-0.2, 0) is 0 Å². The van der Waals surface area contributed by atoms with Gasteiger partial charge < -0.3 is 5.32 Å². The van der Waals surface area contributed by atoms with Crippen LogP contribution in [0.3, 0.4) is 0 Å². The van der Waals surface area contributed by atoms with Crippen molar-refractivity contribution >= 4 is 28.4 Å². The molecule has 0 bridgehead atoms. The SMILES string of the molecule is O=[N+]([O-])c1cccc(Nc2cncc(-c3ccsc3)c2)c1. The van der Waals surface area contributed by atoms with Crippen LogP contribution in [0, 0.1) is 10.1 Å². The molecule has 0 aliphatic carbocycles. The molecule has 1 N–H and O–H groups in total. The fraction of sp³-hybridized carbons (Fsp3) is 0. The minimum absolute atomic E-state index is 0.0574. The highest BCUT2D eigenvalue weighted by atomic mass is 32.1. The predicted octanol–water partition coefficient (Wildman–Crippen LogP) is 4.46. The molecule has 104 valence electrons. The molecular formula is C15H11N3O2S. The van der Waals surface area contributed by atoms with Crippen molar-refractivity contribution in [3.05, 3.63) is 69.7 Å². The van der Waals surface area contributed by atoms with Gasteiger partial charge in [-0.15, -0.1) is 0 Å². The van der Waals surface area contributed by atoms with Crippen LogP contribution in [0.2, 0.25) is 0 Å². The number of pyridine rings is 1. The van der Waals surface area contributed by atoms with E-state index in [0.29, 0.717) is 5.69 Å². The molecule has 21 heavy (non-hydrogen) atoms. The van der Waals surface area contributed by atoms with Gasteiger partial charge in [0, 0.05) is 29.6 Å². The van der Waals surface area contributed by atoms with Gasteiger partial charge in [-0.1, -0.05) is 6.07 Å². The molecule has 5 nitrogen and oxygen atoms in total. The van der Waals surface area contributed by atoms with Crippen molar-refractivity contribution in [1.29, 1.82) is 0 Å². The first kappa shape index (κ1) is 13.3. The number of hydrogen-bond donors (Lipinski definition) is 1. The van der Waals surface area contributed by atoms with Gasteiger partial charge in [0.15, 0.2) is 0 Å². The zero-order valence-electron chi connectivity index (χ0n) is 10.9. The Labute approximate surface area is 125 Å². The molecule has 0 unspecified atom stereocenters. The molecule has 0 spiro atoms. The maximum Gasteiger partial charge on any atom is 0.271 e. The summed E-state index contributed by atoms with van der Waals surface area (Å²) >= 11 is 1.63. The number of thiophene rings is 1. The molecule has 2 aromatic heterocycles. The average Bonchev–Trinajstić information content (AvgIpc) is 3.02. The fourth-order valence-corrected chi connectivity index (χ4v) is 2.62. The first-order valence-corrected chi connectivity index (χ1v) is 7.16. The van der Waals surface area contributed by atoms with Gasteiger partial charge in [0.2, 0.25) is 0 Å². The van der Waals surface area contributed by atoms with Crippen LogP contribution in [-0.4, -0.2) is 9.91 Å². The van der Waals surface area contributed by atoms with Gasteiger partial charge in [-0.2, -0.15) is 11.3 Å². The Kier molecular flexibility index (Phi) is 3.61. The summed E-state index contributed by atoms with van der Waals surface area (Å²) in [6, 6.07) is 10.4. The number of anilines is 2. The predicted molar refractivity (Wildman–Crippen MR) is 83.9 cm³/mol. The summed E-state index contributed by atoms with van der Waals surface area (Å²) in [4.78, 5) is 14.6. The Morgan fingerprint density at radius 2 is 2.00 bits per heavy atom. The maximum atomic E-state index is 10.8. The van der Waals surface area contributed by atoms with E-state index >= 15 is 0 Å². The van der Waals surface area contributed by atoms with Gasteiger partial charge in [0.05, 0.1) is 16.8 Å². The number of nitro groups is 1. The van der Waals surface area contributed by atoms with Crippen molar-refractivity contribution in [2.45, 2.75) is 0 Å². The number of hydrogen-bond acceptors (Lipinski definition) is 5. The number of nitrogens with zero attached hydrogens (tertiary/aromatic N) is 2. The van der Waals surface area contributed by atoms with E-state index in [1.165, 1.54) is 12.1 Å². The molecule has 0 fully saturated rings. The number of nitrogens with one attached hydrogen (secondary N) is 1. The molecule has 2 heterocycles. The number of benzene rings is 1. The second-order valence-electron chi connectivity index (χ2n) is 4.41. The summed E-state index contributed by atoms with van der Waals surface area (Å²) in [7, 11) is 0. The monoisotopic (exact) mass is 297 g/mol. The Hall–Kier alpha value is -2.73. The second-order valence-corrected chi connectivity index (χ2v) is 5.19. The summed E-state index contributed by atoms with van der Waals surface area (Å²) in [5.41, 5.74) is 3.62. The number of nitro benzene ring substituents is 1. The first-order chi connectivity index (χ1) is 10.2. The fourth-order valence-electron chi connectivity index (χ4n) is 1.96. The topological polar surface area (TPSA) is 68.1 Å². The van der Waals surface area contributed by atoms with Crippen LogP contribution < -0.4 is 5.32 Å². The van der Waals surface area contributed by atoms with Crippen molar-refractivity contribution in [1.82, 2.24) is 4.98 Å². The molecule has 0 atom stereocenters. The molecule has 0 aliphatic heterocycles. The largest absolute Gasteiger partial charge is 0.354 e. The van der Waals surface area contributed by atoms with E-state index in [1.807, 2.05) is 22.9 Å². The van der Waals surface area contributed by atoms with E-state index in [9.17, 15) is 10.1 Å². The Bertz CT molecular complexity index is 772. The second kappa shape index (κ2) is 5.72. The maximum absolute atomic E-state index is 10.8. The zero-order valence-corrected chi connectivity index (χ0v) is 11.7. The lowest BCUT2D eigenvalue weighted by Crippen LogP contribution is -1.94.